The average Bonchev–Trinajstić information content (AvgIpc) is 3.18. The molecule has 2 aromatic rings. The van der Waals surface area contributed by atoms with Crippen LogP contribution in [0.3, 0.4) is 0 Å². The molecule has 0 saturated carbocycles. The summed E-state index contributed by atoms with van der Waals surface area (Å²) in [6.07, 6.45) is -2.89. The summed E-state index contributed by atoms with van der Waals surface area (Å²) in [6, 6.07) is 5.74. The molecular formula is C18H17F4N3O2S. The molecule has 1 saturated heterocycles. The van der Waals surface area contributed by atoms with Gasteiger partial charge < -0.3 is 10.1 Å². The van der Waals surface area contributed by atoms with Crippen molar-refractivity contribution in [2.24, 2.45) is 0 Å². The van der Waals surface area contributed by atoms with Gasteiger partial charge >= 0.3 is 6.18 Å². The molecule has 2 heterocycles. The highest BCUT2D eigenvalue weighted by Gasteiger charge is 2.34. The van der Waals surface area contributed by atoms with Gasteiger partial charge in [0.25, 0.3) is 0 Å². The molecule has 1 N–H and O–H groups in total. The van der Waals surface area contributed by atoms with E-state index in [0.717, 1.165) is 42.8 Å². The fourth-order valence-corrected chi connectivity index (χ4v) is 3.31. The van der Waals surface area contributed by atoms with Gasteiger partial charge in [0.2, 0.25) is 5.91 Å². The maximum absolute atomic E-state index is 13.2. The summed E-state index contributed by atoms with van der Waals surface area (Å²) in [7, 11) is 0. The number of aromatic nitrogens is 2. The number of rotatable bonds is 6. The van der Waals surface area contributed by atoms with Gasteiger partial charge in [0.15, 0.2) is 5.16 Å². The monoisotopic (exact) mass is 415 g/mol. The SMILES string of the molecule is O=C(CSc1nc(-c2ccc(F)cc2)cc(C(F)(F)F)n1)NC[C@@H]1CCCO1. The van der Waals surface area contributed by atoms with E-state index in [9.17, 15) is 22.4 Å². The molecule has 0 aliphatic carbocycles. The maximum atomic E-state index is 13.2. The quantitative estimate of drug-likeness (QED) is 0.443. The predicted octanol–water partition coefficient (Wildman–Crippen LogP) is 3.69. The third-order valence-electron chi connectivity index (χ3n) is 4.02. The first-order valence-corrected chi connectivity index (χ1v) is 9.53. The van der Waals surface area contributed by atoms with Crippen LogP contribution in [0.15, 0.2) is 35.5 Å². The Labute approximate surface area is 162 Å². The maximum Gasteiger partial charge on any atom is 0.433 e. The van der Waals surface area contributed by atoms with E-state index in [0.29, 0.717) is 18.7 Å². The molecule has 1 amide bonds. The van der Waals surface area contributed by atoms with Crippen LogP contribution in [0.5, 0.6) is 0 Å². The van der Waals surface area contributed by atoms with Crippen LogP contribution in [-0.4, -0.2) is 40.9 Å². The lowest BCUT2D eigenvalue weighted by atomic mass is 10.1. The van der Waals surface area contributed by atoms with Crippen molar-refractivity contribution in [1.82, 2.24) is 15.3 Å². The molecule has 0 bridgehead atoms. The van der Waals surface area contributed by atoms with Gasteiger partial charge in [-0.1, -0.05) is 11.8 Å². The fraction of sp³-hybridized carbons (Fsp3) is 0.389. The molecule has 5 nitrogen and oxygen atoms in total. The first-order valence-electron chi connectivity index (χ1n) is 8.54. The number of nitrogens with zero attached hydrogens (tertiary/aromatic N) is 2. The van der Waals surface area contributed by atoms with E-state index in [-0.39, 0.29) is 28.6 Å². The molecule has 10 heteroatoms. The molecule has 1 aliphatic heterocycles. The summed E-state index contributed by atoms with van der Waals surface area (Å²) >= 11 is 0.804. The Kier molecular flexibility index (Phi) is 6.50. The number of nitrogens with one attached hydrogen (secondary N) is 1. The number of amides is 1. The molecule has 150 valence electrons. The Balaban J connectivity index is 1.71. The Morgan fingerprint density at radius 1 is 1.25 bits per heavy atom. The number of halogens is 4. The van der Waals surface area contributed by atoms with Gasteiger partial charge in [-0.25, -0.2) is 14.4 Å². The van der Waals surface area contributed by atoms with Gasteiger partial charge in [-0.3, -0.25) is 4.79 Å². The van der Waals surface area contributed by atoms with Crippen molar-refractivity contribution in [2.75, 3.05) is 18.9 Å². The molecule has 1 fully saturated rings. The largest absolute Gasteiger partial charge is 0.433 e. The minimum absolute atomic E-state index is 0.00425. The van der Waals surface area contributed by atoms with E-state index in [2.05, 4.69) is 15.3 Å². The number of alkyl halides is 3. The highest BCUT2D eigenvalue weighted by molar-refractivity contribution is 7.99. The number of carbonyl (C=O) groups excluding carboxylic acids is 1. The van der Waals surface area contributed by atoms with Crippen molar-refractivity contribution in [2.45, 2.75) is 30.3 Å². The zero-order valence-electron chi connectivity index (χ0n) is 14.6. The smallest absolute Gasteiger partial charge is 0.376 e. The van der Waals surface area contributed by atoms with E-state index in [1.165, 1.54) is 12.1 Å². The lowest BCUT2D eigenvalue weighted by molar-refractivity contribution is -0.141. The average molecular weight is 415 g/mol. The van der Waals surface area contributed by atoms with Crippen LogP contribution in [-0.2, 0) is 15.7 Å². The van der Waals surface area contributed by atoms with Crippen LogP contribution in [0.25, 0.3) is 11.3 Å². The molecule has 3 rings (SSSR count). The first kappa shape index (κ1) is 20.5. The second kappa shape index (κ2) is 8.87. The van der Waals surface area contributed by atoms with Crippen molar-refractivity contribution in [3.8, 4) is 11.3 Å². The van der Waals surface area contributed by atoms with Crippen molar-refractivity contribution in [3.63, 3.8) is 0 Å². The van der Waals surface area contributed by atoms with Crippen LogP contribution in [0, 0.1) is 5.82 Å². The van der Waals surface area contributed by atoms with Crippen molar-refractivity contribution in [3.05, 3.63) is 41.8 Å². The second-order valence-electron chi connectivity index (χ2n) is 6.15. The number of hydrogen-bond acceptors (Lipinski definition) is 5. The van der Waals surface area contributed by atoms with Gasteiger partial charge in [0, 0.05) is 18.7 Å². The lowest BCUT2D eigenvalue weighted by Crippen LogP contribution is -2.32. The Bertz CT molecular complexity index is 825. The third kappa shape index (κ3) is 5.65. The highest BCUT2D eigenvalue weighted by Crippen LogP contribution is 2.32. The standard InChI is InChI=1S/C18H17F4N3O2S/c19-12-5-3-11(4-6-12)14-8-15(18(20,21)22)25-17(24-14)28-10-16(26)23-9-13-2-1-7-27-13/h3-6,8,13H,1-2,7,9-10H2,(H,23,26)/t13-/m0/s1. The normalized spacial score (nSPS) is 16.9. The van der Waals surface area contributed by atoms with Crippen LogP contribution >= 0.6 is 11.8 Å². The zero-order valence-corrected chi connectivity index (χ0v) is 15.4. The summed E-state index contributed by atoms with van der Waals surface area (Å²) in [4.78, 5) is 19.5. The van der Waals surface area contributed by atoms with E-state index < -0.39 is 17.7 Å². The number of thioether (sulfide) groups is 1. The minimum atomic E-state index is -4.67. The summed E-state index contributed by atoms with van der Waals surface area (Å²) in [5.41, 5.74) is -0.798. The minimum Gasteiger partial charge on any atom is -0.376 e. The molecular weight excluding hydrogens is 398 g/mol. The number of ether oxygens (including phenoxy) is 1. The van der Waals surface area contributed by atoms with Crippen molar-refractivity contribution < 1.29 is 27.1 Å². The summed E-state index contributed by atoms with van der Waals surface area (Å²) in [5.74, 6) is -0.979. The first-order chi connectivity index (χ1) is 13.3. The van der Waals surface area contributed by atoms with E-state index >= 15 is 0 Å². The molecule has 0 unspecified atom stereocenters. The number of carbonyl (C=O) groups is 1. The summed E-state index contributed by atoms with van der Waals surface area (Å²) < 4.78 is 58.0. The molecule has 1 atom stereocenters. The summed E-state index contributed by atoms with van der Waals surface area (Å²) in [6.45, 7) is 1.03. The summed E-state index contributed by atoms with van der Waals surface area (Å²) in [5, 5.41) is 2.51. The molecule has 28 heavy (non-hydrogen) atoms. The molecule has 1 aliphatic rings. The van der Waals surface area contributed by atoms with Gasteiger partial charge in [-0.05, 0) is 43.2 Å². The Morgan fingerprint density at radius 2 is 2.00 bits per heavy atom. The lowest BCUT2D eigenvalue weighted by Gasteiger charge is -2.12. The van der Waals surface area contributed by atoms with Gasteiger partial charge in [0.1, 0.15) is 11.5 Å². The number of benzene rings is 1. The van der Waals surface area contributed by atoms with E-state index in [1.54, 1.807) is 0 Å². The molecule has 1 aromatic carbocycles. The zero-order chi connectivity index (χ0) is 20.1. The van der Waals surface area contributed by atoms with Gasteiger partial charge in [0.05, 0.1) is 17.6 Å². The third-order valence-corrected chi connectivity index (χ3v) is 4.87. The van der Waals surface area contributed by atoms with Gasteiger partial charge in [-0.15, -0.1) is 0 Å². The van der Waals surface area contributed by atoms with E-state index in [1.807, 2.05) is 0 Å². The van der Waals surface area contributed by atoms with Crippen LogP contribution in [0.4, 0.5) is 17.6 Å². The topological polar surface area (TPSA) is 64.1 Å². The molecule has 1 aromatic heterocycles. The molecule has 0 spiro atoms. The van der Waals surface area contributed by atoms with Crippen LogP contribution in [0.1, 0.15) is 18.5 Å². The Morgan fingerprint density at radius 3 is 2.64 bits per heavy atom. The van der Waals surface area contributed by atoms with Gasteiger partial charge in [-0.2, -0.15) is 13.2 Å². The Hall–Kier alpha value is -2.20. The second-order valence-corrected chi connectivity index (χ2v) is 7.10. The highest BCUT2D eigenvalue weighted by atomic mass is 32.2. The van der Waals surface area contributed by atoms with Crippen molar-refractivity contribution >= 4 is 17.7 Å². The van der Waals surface area contributed by atoms with Crippen LogP contribution < -0.4 is 5.32 Å². The predicted molar refractivity (Wildman–Crippen MR) is 95.1 cm³/mol. The fourth-order valence-electron chi connectivity index (χ4n) is 2.62. The van der Waals surface area contributed by atoms with Crippen molar-refractivity contribution in [1.29, 1.82) is 0 Å². The molecule has 0 radical (unpaired) electrons. The van der Waals surface area contributed by atoms with E-state index in [4.69, 9.17) is 4.74 Å². The van der Waals surface area contributed by atoms with Crippen LogP contribution in [0.2, 0.25) is 0 Å². The number of hydrogen-bond donors (Lipinski definition) is 1.